The molecular formula is C17H19NO2. The van der Waals surface area contributed by atoms with Gasteiger partial charge in [0, 0.05) is 17.7 Å². The molecule has 0 fully saturated rings. The van der Waals surface area contributed by atoms with Crippen molar-refractivity contribution in [3.05, 3.63) is 71.7 Å². The lowest BCUT2D eigenvalue weighted by Crippen LogP contribution is -2.00. The predicted octanol–water partition coefficient (Wildman–Crippen LogP) is 3.47. The van der Waals surface area contributed by atoms with E-state index in [0.717, 1.165) is 28.8 Å². The minimum absolute atomic E-state index is 0.535. The molecular weight excluding hydrogens is 250 g/mol. The lowest BCUT2D eigenvalue weighted by atomic mass is 9.98. The van der Waals surface area contributed by atoms with Gasteiger partial charge in [0.15, 0.2) is 0 Å². The third-order valence-electron chi connectivity index (χ3n) is 3.10. The fourth-order valence-electron chi connectivity index (χ4n) is 2.10. The van der Waals surface area contributed by atoms with Crippen LogP contribution in [0.15, 0.2) is 60.5 Å². The zero-order chi connectivity index (χ0) is 14.4. The van der Waals surface area contributed by atoms with Crippen molar-refractivity contribution >= 4 is 11.3 Å². The standard InChI is InChI=1S/C17H19NO2/c1-19-17(20-2)16(14-6-4-3-5-7-14)12-13-8-10-15(18)11-9-13/h3-11H,12,18H2,1-2H3. The third-order valence-corrected chi connectivity index (χ3v) is 3.10. The number of hydrogen-bond acceptors (Lipinski definition) is 3. The predicted molar refractivity (Wildman–Crippen MR) is 81.9 cm³/mol. The molecule has 2 rings (SSSR count). The first-order valence-electron chi connectivity index (χ1n) is 6.45. The smallest absolute Gasteiger partial charge is 0.282 e. The molecule has 0 bridgehead atoms. The lowest BCUT2D eigenvalue weighted by Gasteiger charge is -2.13. The highest BCUT2D eigenvalue weighted by Crippen LogP contribution is 2.24. The highest BCUT2D eigenvalue weighted by atomic mass is 16.7. The molecule has 104 valence electrons. The molecule has 2 N–H and O–H groups in total. The summed E-state index contributed by atoms with van der Waals surface area (Å²) in [4.78, 5) is 0. The average Bonchev–Trinajstić information content (AvgIpc) is 2.50. The van der Waals surface area contributed by atoms with Crippen LogP contribution in [-0.2, 0) is 15.9 Å². The van der Waals surface area contributed by atoms with Gasteiger partial charge in [-0.15, -0.1) is 0 Å². The summed E-state index contributed by atoms with van der Waals surface area (Å²) in [6, 6.07) is 17.9. The Morgan fingerprint density at radius 2 is 1.50 bits per heavy atom. The molecule has 0 aromatic heterocycles. The number of methoxy groups -OCH3 is 2. The van der Waals surface area contributed by atoms with Gasteiger partial charge in [0.2, 0.25) is 0 Å². The van der Waals surface area contributed by atoms with Gasteiger partial charge in [-0.05, 0) is 23.3 Å². The monoisotopic (exact) mass is 269 g/mol. The van der Waals surface area contributed by atoms with Crippen molar-refractivity contribution in [2.24, 2.45) is 0 Å². The van der Waals surface area contributed by atoms with Crippen molar-refractivity contribution in [2.45, 2.75) is 6.42 Å². The molecule has 0 aliphatic carbocycles. The third kappa shape index (κ3) is 3.32. The van der Waals surface area contributed by atoms with Gasteiger partial charge in [-0.3, -0.25) is 0 Å². The number of ether oxygens (including phenoxy) is 2. The number of benzene rings is 2. The Bertz CT molecular complexity index is 568. The molecule has 3 heteroatoms. The molecule has 0 amide bonds. The van der Waals surface area contributed by atoms with E-state index < -0.39 is 0 Å². The zero-order valence-corrected chi connectivity index (χ0v) is 11.8. The van der Waals surface area contributed by atoms with Crippen LogP contribution in [0.1, 0.15) is 11.1 Å². The quantitative estimate of drug-likeness (QED) is 0.667. The van der Waals surface area contributed by atoms with Gasteiger partial charge < -0.3 is 15.2 Å². The van der Waals surface area contributed by atoms with Crippen molar-refractivity contribution in [3.8, 4) is 0 Å². The van der Waals surface area contributed by atoms with Crippen LogP contribution in [0.2, 0.25) is 0 Å². The van der Waals surface area contributed by atoms with Crippen LogP contribution in [0.4, 0.5) is 5.69 Å². The Hall–Kier alpha value is -2.42. The topological polar surface area (TPSA) is 44.5 Å². The van der Waals surface area contributed by atoms with E-state index in [9.17, 15) is 0 Å². The van der Waals surface area contributed by atoms with E-state index in [1.165, 1.54) is 0 Å². The van der Waals surface area contributed by atoms with E-state index in [1.54, 1.807) is 14.2 Å². The molecule has 0 aliphatic heterocycles. The normalized spacial score (nSPS) is 9.90. The summed E-state index contributed by atoms with van der Waals surface area (Å²) in [5.41, 5.74) is 9.74. The molecule has 2 aromatic carbocycles. The molecule has 0 aliphatic rings. The maximum atomic E-state index is 5.72. The van der Waals surface area contributed by atoms with Crippen molar-refractivity contribution < 1.29 is 9.47 Å². The van der Waals surface area contributed by atoms with Gasteiger partial charge in [-0.1, -0.05) is 42.5 Å². The minimum atomic E-state index is 0.535. The van der Waals surface area contributed by atoms with Crippen molar-refractivity contribution in [1.82, 2.24) is 0 Å². The SMILES string of the molecule is COC(OC)=C(Cc1ccc(N)cc1)c1ccccc1. The van der Waals surface area contributed by atoms with Crippen molar-refractivity contribution in [1.29, 1.82) is 0 Å². The summed E-state index contributed by atoms with van der Waals surface area (Å²) in [6.07, 6.45) is 0.724. The van der Waals surface area contributed by atoms with E-state index in [4.69, 9.17) is 15.2 Å². The first-order valence-corrected chi connectivity index (χ1v) is 6.45. The second-order valence-electron chi connectivity index (χ2n) is 4.46. The molecule has 0 radical (unpaired) electrons. The van der Waals surface area contributed by atoms with Crippen LogP contribution in [0.25, 0.3) is 5.57 Å². The fraction of sp³-hybridized carbons (Fsp3) is 0.176. The van der Waals surface area contributed by atoms with E-state index in [2.05, 4.69) is 0 Å². The summed E-state index contributed by atoms with van der Waals surface area (Å²) >= 11 is 0. The Morgan fingerprint density at radius 3 is 2.05 bits per heavy atom. The van der Waals surface area contributed by atoms with Gasteiger partial charge in [0.25, 0.3) is 5.95 Å². The lowest BCUT2D eigenvalue weighted by molar-refractivity contribution is 0.0974. The van der Waals surface area contributed by atoms with Crippen molar-refractivity contribution in [2.75, 3.05) is 20.0 Å². The second-order valence-corrected chi connectivity index (χ2v) is 4.46. The molecule has 0 atom stereocenters. The van der Waals surface area contributed by atoms with Gasteiger partial charge in [0.1, 0.15) is 0 Å². The number of nitrogen functional groups attached to an aromatic ring is 1. The molecule has 0 heterocycles. The zero-order valence-electron chi connectivity index (χ0n) is 11.8. The number of rotatable bonds is 5. The van der Waals surface area contributed by atoms with E-state index in [0.29, 0.717) is 5.95 Å². The number of hydrogen-bond donors (Lipinski definition) is 1. The van der Waals surface area contributed by atoms with Gasteiger partial charge in [-0.2, -0.15) is 0 Å². The van der Waals surface area contributed by atoms with E-state index in [1.807, 2.05) is 54.6 Å². The second kappa shape index (κ2) is 6.66. The van der Waals surface area contributed by atoms with Crippen LogP contribution in [0.3, 0.4) is 0 Å². The minimum Gasteiger partial charge on any atom is -0.469 e. The van der Waals surface area contributed by atoms with Crippen LogP contribution >= 0.6 is 0 Å². The molecule has 0 saturated heterocycles. The molecule has 0 spiro atoms. The molecule has 3 nitrogen and oxygen atoms in total. The summed E-state index contributed by atoms with van der Waals surface area (Å²) in [5, 5.41) is 0. The molecule has 20 heavy (non-hydrogen) atoms. The summed E-state index contributed by atoms with van der Waals surface area (Å²) in [5.74, 6) is 0.535. The number of allylic oxidation sites excluding steroid dienone is 1. The molecule has 0 saturated carbocycles. The summed E-state index contributed by atoms with van der Waals surface area (Å²) in [7, 11) is 3.23. The van der Waals surface area contributed by atoms with Crippen molar-refractivity contribution in [3.63, 3.8) is 0 Å². The average molecular weight is 269 g/mol. The van der Waals surface area contributed by atoms with Crippen LogP contribution < -0.4 is 5.73 Å². The fourth-order valence-corrected chi connectivity index (χ4v) is 2.10. The Kier molecular flexibility index (Phi) is 4.66. The summed E-state index contributed by atoms with van der Waals surface area (Å²) < 4.78 is 10.7. The number of nitrogens with two attached hydrogens (primary N) is 1. The number of anilines is 1. The Balaban J connectivity index is 2.38. The van der Waals surface area contributed by atoms with Gasteiger partial charge in [-0.25, -0.2) is 0 Å². The molecule has 2 aromatic rings. The molecule has 0 unspecified atom stereocenters. The maximum absolute atomic E-state index is 5.72. The van der Waals surface area contributed by atoms with Crippen LogP contribution in [0.5, 0.6) is 0 Å². The van der Waals surface area contributed by atoms with Gasteiger partial charge in [0.05, 0.1) is 14.2 Å². The summed E-state index contributed by atoms with van der Waals surface area (Å²) in [6.45, 7) is 0. The van der Waals surface area contributed by atoms with Crippen LogP contribution in [0, 0.1) is 0 Å². The Morgan fingerprint density at radius 1 is 0.900 bits per heavy atom. The Labute approximate surface area is 119 Å². The van der Waals surface area contributed by atoms with E-state index in [-0.39, 0.29) is 0 Å². The van der Waals surface area contributed by atoms with Gasteiger partial charge >= 0.3 is 0 Å². The highest BCUT2D eigenvalue weighted by Gasteiger charge is 2.11. The highest BCUT2D eigenvalue weighted by molar-refractivity contribution is 5.68. The largest absolute Gasteiger partial charge is 0.469 e. The van der Waals surface area contributed by atoms with Crippen LogP contribution in [-0.4, -0.2) is 14.2 Å². The first kappa shape index (κ1) is 14.0. The first-order chi connectivity index (χ1) is 9.74. The maximum Gasteiger partial charge on any atom is 0.282 e. The van der Waals surface area contributed by atoms with E-state index >= 15 is 0 Å².